The Bertz CT molecular complexity index is 942. The van der Waals surface area contributed by atoms with E-state index in [0.29, 0.717) is 24.6 Å². The molecule has 1 saturated heterocycles. The predicted octanol–water partition coefficient (Wildman–Crippen LogP) is 2.97. The average Bonchev–Trinajstić information content (AvgIpc) is 3.19. The van der Waals surface area contributed by atoms with Gasteiger partial charge in [-0.15, -0.1) is 0 Å². The van der Waals surface area contributed by atoms with Crippen LogP contribution in [0.5, 0.6) is 5.75 Å². The van der Waals surface area contributed by atoms with Crippen LogP contribution in [0.4, 0.5) is 5.13 Å². The van der Waals surface area contributed by atoms with E-state index in [2.05, 4.69) is 10.3 Å². The van der Waals surface area contributed by atoms with E-state index in [1.54, 1.807) is 0 Å². The fraction of sp³-hybridized carbons (Fsp3) is 0.400. The second kappa shape index (κ2) is 7.71. The van der Waals surface area contributed by atoms with Gasteiger partial charge in [-0.2, -0.15) is 0 Å². The van der Waals surface area contributed by atoms with Crippen LogP contribution in [0.2, 0.25) is 0 Å². The molecular weight excluding hydrogens is 378 g/mol. The van der Waals surface area contributed by atoms with Crippen LogP contribution in [-0.4, -0.2) is 40.8 Å². The fourth-order valence-electron chi connectivity index (χ4n) is 3.70. The molecule has 1 aromatic carbocycles. The molecule has 0 radical (unpaired) electrons. The molecule has 3 amide bonds. The maximum absolute atomic E-state index is 12.4. The molecule has 0 bridgehead atoms. The Morgan fingerprint density at radius 2 is 1.96 bits per heavy atom. The zero-order chi connectivity index (χ0) is 19.7. The van der Waals surface area contributed by atoms with Gasteiger partial charge in [0.15, 0.2) is 5.13 Å². The summed E-state index contributed by atoms with van der Waals surface area (Å²) in [4.78, 5) is 42.8. The maximum atomic E-state index is 12.4. The zero-order valence-electron chi connectivity index (χ0n) is 15.5. The van der Waals surface area contributed by atoms with Gasteiger partial charge in [0.1, 0.15) is 5.75 Å². The van der Waals surface area contributed by atoms with Gasteiger partial charge in [0.25, 0.3) is 0 Å². The normalized spacial score (nSPS) is 21.2. The summed E-state index contributed by atoms with van der Waals surface area (Å²) in [5.41, 5.74) is 0.783. The number of ether oxygens (including phenoxy) is 1. The first-order valence-corrected chi connectivity index (χ1v) is 10.2. The first-order chi connectivity index (χ1) is 13.6. The highest BCUT2D eigenvalue weighted by atomic mass is 32.1. The molecule has 8 heteroatoms. The molecule has 0 saturated carbocycles. The summed E-state index contributed by atoms with van der Waals surface area (Å²) < 4.78 is 6.40. The SMILES string of the molecule is CCOc1ccc2nc(NC(=O)CCN3C(=O)[C@@H]4CC=CC[C@H]4C3=O)sc2c1. The molecule has 0 spiro atoms. The van der Waals surface area contributed by atoms with Crippen LogP contribution in [0.3, 0.4) is 0 Å². The Morgan fingerprint density at radius 1 is 1.25 bits per heavy atom. The molecule has 1 aromatic heterocycles. The van der Waals surface area contributed by atoms with Crippen molar-refractivity contribution in [2.75, 3.05) is 18.5 Å². The van der Waals surface area contributed by atoms with Gasteiger partial charge < -0.3 is 10.1 Å². The lowest BCUT2D eigenvalue weighted by Crippen LogP contribution is -2.34. The van der Waals surface area contributed by atoms with E-state index < -0.39 is 0 Å². The lowest BCUT2D eigenvalue weighted by atomic mass is 9.85. The minimum atomic E-state index is -0.266. The van der Waals surface area contributed by atoms with Crippen molar-refractivity contribution in [2.45, 2.75) is 26.2 Å². The van der Waals surface area contributed by atoms with Crippen molar-refractivity contribution in [1.29, 1.82) is 0 Å². The van der Waals surface area contributed by atoms with Crippen molar-refractivity contribution in [2.24, 2.45) is 11.8 Å². The molecule has 2 aromatic rings. The summed E-state index contributed by atoms with van der Waals surface area (Å²) in [6, 6.07) is 5.59. The maximum Gasteiger partial charge on any atom is 0.233 e. The number of aromatic nitrogens is 1. The standard InChI is InChI=1S/C20H21N3O4S/c1-2-27-12-7-8-15-16(11-12)28-20(21-15)22-17(24)9-10-23-18(25)13-5-3-4-6-14(13)19(23)26/h3-4,7-8,11,13-14H,2,5-6,9-10H2,1H3,(H,21,22,24)/t13-,14-/m1/s1. The van der Waals surface area contributed by atoms with Crippen LogP contribution in [0.15, 0.2) is 30.4 Å². The van der Waals surface area contributed by atoms with E-state index in [1.165, 1.54) is 16.2 Å². The van der Waals surface area contributed by atoms with Crippen LogP contribution in [0.1, 0.15) is 26.2 Å². The highest BCUT2D eigenvalue weighted by molar-refractivity contribution is 7.22. The van der Waals surface area contributed by atoms with Gasteiger partial charge in [0.05, 0.1) is 28.7 Å². The van der Waals surface area contributed by atoms with Crippen LogP contribution < -0.4 is 10.1 Å². The summed E-state index contributed by atoms with van der Waals surface area (Å²) in [7, 11) is 0. The second-order valence-corrected chi connectivity index (χ2v) is 7.89. The number of allylic oxidation sites excluding steroid dienone is 2. The van der Waals surface area contributed by atoms with Gasteiger partial charge >= 0.3 is 0 Å². The summed E-state index contributed by atoms with van der Waals surface area (Å²) in [6.45, 7) is 2.61. The number of likely N-dealkylation sites (tertiary alicyclic amines) is 1. The van der Waals surface area contributed by atoms with E-state index in [0.717, 1.165) is 16.0 Å². The van der Waals surface area contributed by atoms with Crippen molar-refractivity contribution in [3.05, 3.63) is 30.4 Å². The molecule has 0 unspecified atom stereocenters. The number of carbonyl (C=O) groups is 3. The number of thiazole rings is 1. The van der Waals surface area contributed by atoms with Gasteiger partial charge in [0, 0.05) is 13.0 Å². The molecule has 1 aliphatic heterocycles. The summed E-state index contributed by atoms with van der Waals surface area (Å²) in [5, 5.41) is 3.26. The molecule has 2 aliphatic rings. The van der Waals surface area contributed by atoms with Gasteiger partial charge in [0.2, 0.25) is 17.7 Å². The minimum Gasteiger partial charge on any atom is -0.494 e. The van der Waals surface area contributed by atoms with Crippen molar-refractivity contribution < 1.29 is 19.1 Å². The van der Waals surface area contributed by atoms with Crippen molar-refractivity contribution in [3.8, 4) is 5.75 Å². The van der Waals surface area contributed by atoms with Gasteiger partial charge in [-0.3, -0.25) is 19.3 Å². The summed E-state index contributed by atoms with van der Waals surface area (Å²) in [5.74, 6) is -0.337. The summed E-state index contributed by atoms with van der Waals surface area (Å²) in [6.07, 6.45) is 5.17. The third-order valence-corrected chi connectivity index (χ3v) is 6.01. The number of rotatable bonds is 6. The predicted molar refractivity (Wildman–Crippen MR) is 106 cm³/mol. The molecule has 2 heterocycles. The number of fused-ring (bicyclic) bond motifs is 2. The number of nitrogens with one attached hydrogen (secondary N) is 1. The third kappa shape index (κ3) is 3.52. The van der Waals surface area contributed by atoms with Crippen LogP contribution in [-0.2, 0) is 14.4 Å². The van der Waals surface area contributed by atoms with Crippen LogP contribution in [0.25, 0.3) is 10.2 Å². The summed E-state index contributed by atoms with van der Waals surface area (Å²) >= 11 is 1.36. The van der Waals surface area contributed by atoms with Crippen LogP contribution in [0, 0.1) is 11.8 Å². The Morgan fingerprint density at radius 3 is 2.64 bits per heavy atom. The Balaban J connectivity index is 1.36. The van der Waals surface area contributed by atoms with Crippen molar-refractivity contribution in [1.82, 2.24) is 9.88 Å². The van der Waals surface area contributed by atoms with Gasteiger partial charge in [-0.25, -0.2) is 4.98 Å². The molecule has 2 atom stereocenters. The molecule has 7 nitrogen and oxygen atoms in total. The van der Waals surface area contributed by atoms with Crippen molar-refractivity contribution in [3.63, 3.8) is 0 Å². The lowest BCUT2D eigenvalue weighted by Gasteiger charge is -2.14. The number of imide groups is 1. The topological polar surface area (TPSA) is 88.6 Å². The molecule has 4 rings (SSSR count). The Hall–Kier alpha value is -2.74. The first-order valence-electron chi connectivity index (χ1n) is 9.40. The number of carbonyl (C=O) groups excluding carboxylic acids is 3. The molecule has 28 heavy (non-hydrogen) atoms. The highest BCUT2D eigenvalue weighted by Crippen LogP contribution is 2.35. The monoisotopic (exact) mass is 399 g/mol. The zero-order valence-corrected chi connectivity index (χ0v) is 16.3. The molecule has 146 valence electrons. The van der Waals surface area contributed by atoms with E-state index in [4.69, 9.17) is 4.74 Å². The molecular formula is C20H21N3O4S. The number of nitrogens with zero attached hydrogens (tertiary/aromatic N) is 2. The number of benzene rings is 1. The van der Waals surface area contributed by atoms with Crippen molar-refractivity contribution >= 4 is 44.4 Å². The average molecular weight is 399 g/mol. The number of hydrogen-bond donors (Lipinski definition) is 1. The smallest absolute Gasteiger partial charge is 0.233 e. The number of amides is 3. The highest BCUT2D eigenvalue weighted by Gasteiger charge is 2.46. The Labute approximate surface area is 166 Å². The van der Waals surface area contributed by atoms with E-state index in [9.17, 15) is 14.4 Å². The fourth-order valence-corrected chi connectivity index (χ4v) is 4.61. The largest absolute Gasteiger partial charge is 0.494 e. The number of hydrogen-bond acceptors (Lipinski definition) is 6. The molecule has 1 fully saturated rings. The van der Waals surface area contributed by atoms with E-state index in [-0.39, 0.29) is 42.5 Å². The second-order valence-electron chi connectivity index (χ2n) is 6.86. The van der Waals surface area contributed by atoms with Crippen LogP contribution >= 0.6 is 11.3 Å². The quantitative estimate of drug-likeness (QED) is 0.596. The lowest BCUT2D eigenvalue weighted by molar-refractivity contribution is -0.140. The third-order valence-electron chi connectivity index (χ3n) is 5.08. The molecule has 1 aliphatic carbocycles. The van der Waals surface area contributed by atoms with E-state index in [1.807, 2.05) is 37.3 Å². The van der Waals surface area contributed by atoms with Gasteiger partial charge in [-0.05, 0) is 38.0 Å². The Kier molecular flexibility index (Phi) is 5.13. The minimum absolute atomic E-state index is 0.0600. The van der Waals surface area contributed by atoms with Gasteiger partial charge in [-0.1, -0.05) is 23.5 Å². The number of anilines is 1. The first kappa shape index (κ1) is 18.6. The molecule has 1 N–H and O–H groups in total. The van der Waals surface area contributed by atoms with E-state index >= 15 is 0 Å².